The smallest absolute Gasteiger partial charge is 0.232 e. The van der Waals surface area contributed by atoms with Gasteiger partial charge in [0, 0.05) is 13.1 Å². The minimum Gasteiger partial charge on any atom is -0.343 e. The molecule has 0 saturated carbocycles. The Bertz CT molecular complexity index is 814. The molecular formula is C15H21N3O3S3. The van der Waals surface area contributed by atoms with Crippen LogP contribution in [0.15, 0.2) is 22.5 Å². The minimum atomic E-state index is -3.29. The van der Waals surface area contributed by atoms with E-state index in [4.69, 9.17) is 0 Å². The lowest BCUT2D eigenvalue weighted by molar-refractivity contribution is -0.127. The first-order valence-corrected chi connectivity index (χ1v) is 11.2. The first kappa shape index (κ1) is 19.0. The number of anilines is 1. The predicted octanol–water partition coefficient (Wildman–Crippen LogP) is 3.02. The molecule has 1 aromatic heterocycles. The summed E-state index contributed by atoms with van der Waals surface area (Å²) < 4.78 is 27.5. The standard InChI is InChI=1S/C15H21N3O3S3/c1-4-18(5-2)14(19)10-22-15-16-12-8-7-11(9-13(12)23-15)17-24(20,21)6-3/h7-9,17H,4-6,10H2,1-3H3. The van der Waals surface area contributed by atoms with Gasteiger partial charge in [-0.1, -0.05) is 11.8 Å². The Morgan fingerprint density at radius 2 is 2.00 bits per heavy atom. The van der Waals surface area contributed by atoms with Crippen molar-refractivity contribution in [3.63, 3.8) is 0 Å². The third kappa shape index (κ3) is 4.84. The number of amides is 1. The van der Waals surface area contributed by atoms with Crippen molar-refractivity contribution in [3.8, 4) is 0 Å². The first-order valence-electron chi connectivity index (χ1n) is 7.70. The van der Waals surface area contributed by atoms with Crippen LogP contribution in [0.25, 0.3) is 10.2 Å². The van der Waals surface area contributed by atoms with Gasteiger partial charge in [0.25, 0.3) is 0 Å². The fourth-order valence-electron chi connectivity index (χ4n) is 2.07. The van der Waals surface area contributed by atoms with Crippen molar-refractivity contribution < 1.29 is 13.2 Å². The number of thioether (sulfide) groups is 1. The van der Waals surface area contributed by atoms with Gasteiger partial charge in [-0.25, -0.2) is 13.4 Å². The summed E-state index contributed by atoms with van der Waals surface area (Å²) in [6.45, 7) is 6.92. The second-order valence-electron chi connectivity index (χ2n) is 5.02. The zero-order valence-electron chi connectivity index (χ0n) is 13.9. The van der Waals surface area contributed by atoms with Crippen LogP contribution in [-0.2, 0) is 14.8 Å². The lowest BCUT2D eigenvalue weighted by atomic mass is 10.3. The fourth-order valence-corrected chi connectivity index (χ4v) is 4.71. The monoisotopic (exact) mass is 387 g/mol. The van der Waals surface area contributed by atoms with Crippen molar-refractivity contribution >= 4 is 54.9 Å². The molecule has 0 bridgehead atoms. The number of nitrogens with zero attached hydrogens (tertiary/aromatic N) is 2. The molecule has 0 saturated heterocycles. The molecular weight excluding hydrogens is 366 g/mol. The number of carbonyl (C=O) groups excluding carboxylic acids is 1. The van der Waals surface area contributed by atoms with Crippen molar-refractivity contribution in [1.82, 2.24) is 9.88 Å². The molecule has 0 aliphatic heterocycles. The van der Waals surface area contributed by atoms with Crippen LogP contribution in [0.4, 0.5) is 5.69 Å². The highest BCUT2D eigenvalue weighted by atomic mass is 32.2. The molecule has 1 aromatic carbocycles. The molecule has 1 heterocycles. The average molecular weight is 388 g/mol. The quantitative estimate of drug-likeness (QED) is 0.704. The maximum atomic E-state index is 12.0. The summed E-state index contributed by atoms with van der Waals surface area (Å²) in [4.78, 5) is 18.3. The second-order valence-corrected chi connectivity index (χ2v) is 9.29. The molecule has 6 nitrogen and oxygen atoms in total. The maximum Gasteiger partial charge on any atom is 0.232 e. The van der Waals surface area contributed by atoms with Crippen LogP contribution in [0.3, 0.4) is 0 Å². The van der Waals surface area contributed by atoms with Gasteiger partial charge in [0.2, 0.25) is 15.9 Å². The number of aromatic nitrogens is 1. The summed E-state index contributed by atoms with van der Waals surface area (Å²) >= 11 is 2.87. The molecule has 2 aromatic rings. The first-order chi connectivity index (χ1) is 11.4. The molecule has 1 N–H and O–H groups in total. The van der Waals surface area contributed by atoms with E-state index in [1.807, 2.05) is 13.8 Å². The molecule has 0 unspecified atom stereocenters. The van der Waals surface area contributed by atoms with Crippen LogP contribution in [0, 0.1) is 0 Å². The van der Waals surface area contributed by atoms with E-state index in [-0.39, 0.29) is 11.7 Å². The predicted molar refractivity (Wildman–Crippen MR) is 101 cm³/mol. The third-order valence-electron chi connectivity index (χ3n) is 3.46. The van der Waals surface area contributed by atoms with E-state index < -0.39 is 10.0 Å². The highest BCUT2D eigenvalue weighted by Crippen LogP contribution is 2.31. The number of rotatable bonds is 8. The van der Waals surface area contributed by atoms with Gasteiger partial charge < -0.3 is 4.90 Å². The van der Waals surface area contributed by atoms with Gasteiger partial charge in [0.15, 0.2) is 4.34 Å². The van der Waals surface area contributed by atoms with E-state index in [2.05, 4.69) is 9.71 Å². The molecule has 9 heteroatoms. The van der Waals surface area contributed by atoms with E-state index in [0.717, 1.165) is 14.6 Å². The third-order valence-corrected chi connectivity index (χ3v) is 6.91. The van der Waals surface area contributed by atoms with Gasteiger partial charge in [-0.2, -0.15) is 0 Å². The van der Waals surface area contributed by atoms with Crippen LogP contribution >= 0.6 is 23.1 Å². The van der Waals surface area contributed by atoms with Gasteiger partial charge in [0.05, 0.1) is 27.4 Å². The van der Waals surface area contributed by atoms with E-state index in [9.17, 15) is 13.2 Å². The number of thiazole rings is 1. The molecule has 0 aliphatic rings. The summed E-state index contributed by atoms with van der Waals surface area (Å²) in [5, 5.41) is 0. The number of nitrogens with one attached hydrogen (secondary N) is 1. The molecule has 1 amide bonds. The van der Waals surface area contributed by atoms with Crippen molar-refractivity contribution in [2.24, 2.45) is 0 Å². The molecule has 2 rings (SSSR count). The molecule has 0 atom stereocenters. The van der Waals surface area contributed by atoms with Crippen LogP contribution in [-0.4, -0.2) is 48.8 Å². The molecule has 0 fully saturated rings. The molecule has 24 heavy (non-hydrogen) atoms. The Hall–Kier alpha value is -1.32. The van der Waals surface area contributed by atoms with E-state index >= 15 is 0 Å². The van der Waals surface area contributed by atoms with Crippen molar-refractivity contribution in [1.29, 1.82) is 0 Å². The van der Waals surface area contributed by atoms with Gasteiger partial charge in [-0.15, -0.1) is 11.3 Å². The highest BCUT2D eigenvalue weighted by Gasteiger charge is 2.13. The normalized spacial score (nSPS) is 11.6. The second kappa shape index (κ2) is 8.17. The maximum absolute atomic E-state index is 12.0. The van der Waals surface area contributed by atoms with Crippen LogP contribution in [0.1, 0.15) is 20.8 Å². The largest absolute Gasteiger partial charge is 0.343 e. The van der Waals surface area contributed by atoms with Crippen LogP contribution in [0.2, 0.25) is 0 Å². The molecule has 132 valence electrons. The molecule has 0 aliphatic carbocycles. The Kier molecular flexibility index (Phi) is 6.47. The zero-order chi connectivity index (χ0) is 17.7. The van der Waals surface area contributed by atoms with Gasteiger partial charge in [0.1, 0.15) is 0 Å². The number of fused-ring (bicyclic) bond motifs is 1. The van der Waals surface area contributed by atoms with Crippen LogP contribution in [0.5, 0.6) is 0 Å². The van der Waals surface area contributed by atoms with Gasteiger partial charge >= 0.3 is 0 Å². The average Bonchev–Trinajstić information content (AvgIpc) is 2.96. The lowest BCUT2D eigenvalue weighted by Crippen LogP contribution is -2.31. The Morgan fingerprint density at radius 1 is 1.29 bits per heavy atom. The summed E-state index contributed by atoms with van der Waals surface area (Å²) in [6.07, 6.45) is 0. The molecule has 0 radical (unpaired) electrons. The van der Waals surface area contributed by atoms with Gasteiger partial charge in [-0.3, -0.25) is 9.52 Å². The Balaban J connectivity index is 2.10. The van der Waals surface area contributed by atoms with Crippen molar-refractivity contribution in [2.75, 3.05) is 29.3 Å². The zero-order valence-corrected chi connectivity index (χ0v) is 16.4. The number of hydrogen-bond acceptors (Lipinski definition) is 6. The SMILES string of the molecule is CCN(CC)C(=O)CSc1nc2ccc(NS(=O)(=O)CC)cc2s1. The summed E-state index contributed by atoms with van der Waals surface area (Å²) in [5.74, 6) is 0.486. The number of sulfonamides is 1. The van der Waals surface area contributed by atoms with E-state index in [0.29, 0.717) is 24.5 Å². The Labute approximate surface area is 150 Å². The van der Waals surface area contributed by atoms with E-state index in [1.165, 1.54) is 23.1 Å². The van der Waals surface area contributed by atoms with Crippen molar-refractivity contribution in [2.45, 2.75) is 25.1 Å². The summed E-state index contributed by atoms with van der Waals surface area (Å²) in [6, 6.07) is 5.26. The summed E-state index contributed by atoms with van der Waals surface area (Å²) in [5.41, 5.74) is 1.33. The number of carbonyl (C=O) groups is 1. The van der Waals surface area contributed by atoms with Crippen LogP contribution < -0.4 is 4.72 Å². The highest BCUT2D eigenvalue weighted by molar-refractivity contribution is 8.01. The number of benzene rings is 1. The van der Waals surface area contributed by atoms with Crippen molar-refractivity contribution in [3.05, 3.63) is 18.2 Å². The Morgan fingerprint density at radius 3 is 2.62 bits per heavy atom. The summed E-state index contributed by atoms with van der Waals surface area (Å²) in [7, 11) is -3.29. The van der Waals surface area contributed by atoms with E-state index in [1.54, 1.807) is 30.0 Å². The topological polar surface area (TPSA) is 79.4 Å². The molecule has 0 spiro atoms. The lowest BCUT2D eigenvalue weighted by Gasteiger charge is -2.17. The minimum absolute atomic E-state index is 0.0301. The number of hydrogen-bond donors (Lipinski definition) is 1. The fraction of sp³-hybridized carbons (Fsp3) is 0.467. The van der Waals surface area contributed by atoms with Gasteiger partial charge in [-0.05, 0) is 39.0 Å².